The minimum atomic E-state index is -1.35. The van der Waals surface area contributed by atoms with Crippen LogP contribution in [0.25, 0.3) is 0 Å². The smallest absolute Gasteiger partial charge is 0.101 e. The number of benzene rings is 1. The summed E-state index contributed by atoms with van der Waals surface area (Å²) in [7, 11) is 34.4. The molecular formula is C8H3B6Br. The normalized spacial score (nSPS) is 11.6. The quantitative estimate of drug-likeness (QED) is 0.365. The van der Waals surface area contributed by atoms with E-state index in [1.54, 1.807) is 6.92 Å². The number of hydrogen-bond acceptors (Lipinski definition) is 0. The van der Waals surface area contributed by atoms with E-state index < -0.39 is 4.12 Å². The molecule has 1 aromatic rings. The molecule has 0 heterocycles. The Morgan fingerprint density at radius 2 is 1.20 bits per heavy atom. The van der Waals surface area contributed by atoms with Gasteiger partial charge in [0.1, 0.15) is 31.4 Å². The number of rotatable bonds is 1. The van der Waals surface area contributed by atoms with E-state index >= 15 is 0 Å². The Hall–Kier alpha value is 0.0896. The van der Waals surface area contributed by atoms with Crippen molar-refractivity contribution in [1.82, 2.24) is 0 Å². The summed E-state index contributed by atoms with van der Waals surface area (Å²) in [6.45, 7) is 1.73. The van der Waals surface area contributed by atoms with Crippen molar-refractivity contribution in [1.29, 1.82) is 0 Å². The van der Waals surface area contributed by atoms with Gasteiger partial charge in [0, 0.05) is 0 Å². The monoisotopic (exact) mass is 244 g/mol. The van der Waals surface area contributed by atoms with Gasteiger partial charge in [0.25, 0.3) is 0 Å². The van der Waals surface area contributed by atoms with Gasteiger partial charge in [-0.25, -0.2) is 0 Å². The Morgan fingerprint density at radius 3 is 1.47 bits per heavy atom. The van der Waals surface area contributed by atoms with Crippen LogP contribution in [0.1, 0.15) is 11.1 Å². The van der Waals surface area contributed by atoms with Crippen molar-refractivity contribution in [2.24, 2.45) is 0 Å². The molecule has 0 aliphatic rings. The molecule has 0 aliphatic carbocycles. The third-order valence-electron chi connectivity index (χ3n) is 2.31. The fraction of sp³-hybridized carbons (Fsp3) is 0.250. The van der Waals surface area contributed by atoms with Crippen LogP contribution in [0.5, 0.6) is 0 Å². The second-order valence-corrected chi connectivity index (χ2v) is 4.73. The van der Waals surface area contributed by atoms with Gasteiger partial charge >= 0.3 is 0 Å². The van der Waals surface area contributed by atoms with Crippen molar-refractivity contribution in [3.05, 3.63) is 11.1 Å². The average molecular weight is 244 g/mol. The molecule has 0 saturated carbocycles. The van der Waals surface area contributed by atoms with Crippen molar-refractivity contribution in [2.75, 3.05) is 0 Å². The zero-order valence-electron chi connectivity index (χ0n) is 8.34. The molecule has 0 saturated heterocycles. The second kappa shape index (κ2) is 4.16. The van der Waals surface area contributed by atoms with Gasteiger partial charge in [0.05, 0.1) is 15.7 Å². The zero-order chi connectivity index (χ0) is 12.0. The first kappa shape index (κ1) is 13.2. The highest BCUT2D eigenvalue weighted by molar-refractivity contribution is 9.10. The topological polar surface area (TPSA) is 0 Å². The number of hydrogen-bond donors (Lipinski definition) is 0. The maximum absolute atomic E-state index is 5.79. The van der Waals surface area contributed by atoms with Crippen molar-refractivity contribution < 1.29 is 0 Å². The van der Waals surface area contributed by atoms with Gasteiger partial charge in [0.15, 0.2) is 0 Å². The molecule has 0 amide bonds. The third-order valence-corrected chi connectivity index (χ3v) is 2.71. The minimum Gasteiger partial charge on any atom is -0.101 e. The maximum Gasteiger partial charge on any atom is 0.113 e. The summed E-state index contributed by atoms with van der Waals surface area (Å²) in [6.07, 6.45) is 0. The van der Waals surface area contributed by atoms with Crippen LogP contribution in [0.4, 0.5) is 0 Å². The zero-order valence-corrected chi connectivity index (χ0v) is 9.93. The van der Waals surface area contributed by atoms with Crippen LogP contribution < -0.4 is 21.9 Å². The van der Waals surface area contributed by atoms with Crippen LogP contribution in [0, 0.1) is 6.92 Å². The molecule has 0 N–H and O–H groups in total. The Morgan fingerprint density at radius 1 is 0.867 bits per heavy atom. The molecule has 0 bridgehead atoms. The summed E-state index contributed by atoms with van der Waals surface area (Å²) >= 11 is 3.07. The molecular weight excluding hydrogens is 241 g/mol. The highest BCUT2D eigenvalue weighted by Gasteiger charge is 2.21. The maximum atomic E-state index is 5.79. The summed E-state index contributed by atoms with van der Waals surface area (Å²) in [5, 5.41) is 0. The van der Waals surface area contributed by atoms with E-state index in [1.165, 1.54) is 0 Å². The van der Waals surface area contributed by atoms with E-state index in [1.807, 2.05) is 0 Å². The summed E-state index contributed by atoms with van der Waals surface area (Å²) in [5.41, 5.74) is 2.13. The summed E-state index contributed by atoms with van der Waals surface area (Å²) in [6, 6.07) is 0. The van der Waals surface area contributed by atoms with Gasteiger partial charge in [-0.3, -0.25) is 0 Å². The van der Waals surface area contributed by atoms with E-state index in [2.05, 4.69) is 15.9 Å². The van der Waals surface area contributed by atoms with Gasteiger partial charge in [-0.1, -0.05) is 11.1 Å². The Balaban J connectivity index is 3.68. The molecule has 1 aromatic carbocycles. The lowest BCUT2D eigenvalue weighted by Crippen LogP contribution is -2.50. The van der Waals surface area contributed by atoms with Crippen molar-refractivity contribution >= 4 is 84.9 Å². The van der Waals surface area contributed by atoms with Crippen LogP contribution in [0.3, 0.4) is 0 Å². The fourth-order valence-electron chi connectivity index (χ4n) is 1.38. The van der Waals surface area contributed by atoms with Gasteiger partial charge in [-0.05, 0) is 11.0 Å². The van der Waals surface area contributed by atoms with Crippen LogP contribution in [0.2, 0.25) is 0 Å². The van der Waals surface area contributed by atoms with Crippen LogP contribution in [-0.4, -0.2) is 47.1 Å². The largest absolute Gasteiger partial charge is 0.113 e. The van der Waals surface area contributed by atoms with E-state index in [0.29, 0.717) is 22.1 Å². The molecule has 15 heavy (non-hydrogen) atoms. The predicted molar refractivity (Wildman–Crippen MR) is 74.8 cm³/mol. The first-order chi connectivity index (χ1) is 6.68. The lowest BCUT2D eigenvalue weighted by atomic mass is 9.55. The van der Waals surface area contributed by atoms with Crippen molar-refractivity contribution in [3.63, 3.8) is 0 Å². The molecule has 0 fully saturated rings. The van der Waals surface area contributed by atoms with E-state index in [9.17, 15) is 0 Å². The van der Waals surface area contributed by atoms with E-state index in [0.717, 1.165) is 0 Å². The van der Waals surface area contributed by atoms with Gasteiger partial charge in [0.2, 0.25) is 0 Å². The first-order valence-electron chi connectivity index (χ1n) is 4.17. The lowest BCUT2D eigenvalue weighted by molar-refractivity contribution is 1.33. The van der Waals surface area contributed by atoms with Crippen molar-refractivity contribution in [2.45, 2.75) is 11.0 Å². The standard InChI is InChI=1S/C8H3B6Br/c1-2-4(9)6(11)3(8(13,14)15)7(12)5(2)10/h1H3. The van der Waals surface area contributed by atoms with Crippen LogP contribution in [-0.2, 0) is 4.12 Å². The highest BCUT2D eigenvalue weighted by atomic mass is 79.9. The molecule has 0 unspecified atom stereocenters. The predicted octanol–water partition coefficient (Wildman–Crippen LogP) is -2.99. The number of halogens is 1. The second-order valence-electron chi connectivity index (χ2n) is 3.42. The van der Waals surface area contributed by atoms with E-state index in [4.69, 9.17) is 47.1 Å². The molecule has 0 aromatic heterocycles. The molecule has 0 atom stereocenters. The molecule has 0 aliphatic heterocycles. The Labute approximate surface area is 107 Å². The summed E-state index contributed by atoms with van der Waals surface area (Å²) in [4.78, 5) is 0. The van der Waals surface area contributed by atoms with Gasteiger partial charge in [-0.2, -0.15) is 0 Å². The Kier molecular flexibility index (Phi) is 3.65. The molecule has 0 nitrogen and oxygen atoms in total. The fourth-order valence-corrected chi connectivity index (χ4v) is 1.80. The highest BCUT2D eigenvalue weighted by Crippen LogP contribution is 2.19. The Bertz CT molecular complexity index is 380. The van der Waals surface area contributed by atoms with Gasteiger partial charge in [-0.15, -0.1) is 37.8 Å². The van der Waals surface area contributed by atoms with Crippen molar-refractivity contribution in [3.8, 4) is 0 Å². The lowest BCUT2D eigenvalue weighted by Gasteiger charge is -2.29. The van der Waals surface area contributed by atoms with E-state index in [-0.39, 0.29) is 10.9 Å². The molecule has 60 valence electrons. The molecule has 12 radical (unpaired) electrons. The first-order valence-corrected chi connectivity index (χ1v) is 4.96. The van der Waals surface area contributed by atoms with Crippen LogP contribution in [0.15, 0.2) is 0 Å². The minimum absolute atomic E-state index is 0.251. The molecule has 7 heteroatoms. The number of alkyl halides is 1. The molecule has 0 spiro atoms. The SMILES string of the molecule is [B]c1c([B])c(C([B])([B])Br)c([B])c([B])c1C. The van der Waals surface area contributed by atoms with Gasteiger partial charge < -0.3 is 0 Å². The molecule has 1 rings (SSSR count). The average Bonchev–Trinajstić information content (AvgIpc) is 2.09. The van der Waals surface area contributed by atoms with Crippen LogP contribution >= 0.6 is 15.9 Å². The summed E-state index contributed by atoms with van der Waals surface area (Å²) in [5.74, 6) is 0. The third kappa shape index (κ3) is 2.27. The summed E-state index contributed by atoms with van der Waals surface area (Å²) < 4.78 is -1.35.